The van der Waals surface area contributed by atoms with Crippen molar-refractivity contribution in [3.63, 3.8) is 0 Å². The molecule has 0 saturated heterocycles. The van der Waals surface area contributed by atoms with Crippen LogP contribution >= 0.6 is 11.3 Å². The number of fused-ring (bicyclic) bond motifs is 1. The summed E-state index contributed by atoms with van der Waals surface area (Å²) in [5.41, 5.74) is 3.30. The van der Waals surface area contributed by atoms with Crippen LogP contribution in [0.4, 0.5) is 5.69 Å². The van der Waals surface area contributed by atoms with E-state index in [0.29, 0.717) is 35.0 Å². The first kappa shape index (κ1) is 22.6. The Balaban J connectivity index is 1.48. The molecule has 0 aliphatic heterocycles. The van der Waals surface area contributed by atoms with E-state index in [9.17, 15) is 9.59 Å². The van der Waals surface area contributed by atoms with E-state index in [1.165, 1.54) is 22.2 Å². The molecule has 0 atom stereocenters. The predicted octanol–water partition coefficient (Wildman–Crippen LogP) is 3.88. The van der Waals surface area contributed by atoms with Gasteiger partial charge in [0.25, 0.3) is 5.56 Å². The summed E-state index contributed by atoms with van der Waals surface area (Å²) >= 11 is 1.44. The Morgan fingerprint density at radius 3 is 2.76 bits per heavy atom. The van der Waals surface area contributed by atoms with Crippen LogP contribution in [0, 0.1) is 6.92 Å². The molecule has 1 N–H and O–H groups in total. The average Bonchev–Trinajstić information content (AvgIpc) is 3.25. The zero-order valence-electron chi connectivity index (χ0n) is 18.4. The Bertz CT molecular complexity index is 1310. The van der Waals surface area contributed by atoms with Gasteiger partial charge in [0, 0.05) is 37.2 Å². The highest BCUT2D eigenvalue weighted by molar-refractivity contribution is 7.17. The highest BCUT2D eigenvalue weighted by Gasteiger charge is 2.15. The second-order valence-corrected chi connectivity index (χ2v) is 8.29. The highest BCUT2D eigenvalue weighted by atomic mass is 32.1. The number of nitrogens with one attached hydrogen (secondary N) is 1. The monoisotopic (exact) mass is 464 g/mol. The van der Waals surface area contributed by atoms with Gasteiger partial charge < -0.3 is 14.8 Å². The van der Waals surface area contributed by atoms with Gasteiger partial charge in [0.15, 0.2) is 0 Å². The third-order valence-corrected chi connectivity index (χ3v) is 5.96. The summed E-state index contributed by atoms with van der Waals surface area (Å²) in [4.78, 5) is 35.0. The van der Waals surface area contributed by atoms with Crippen molar-refractivity contribution in [3.05, 3.63) is 70.2 Å². The molecule has 0 spiro atoms. The van der Waals surface area contributed by atoms with E-state index < -0.39 is 0 Å². The molecule has 1 amide bonds. The molecule has 33 heavy (non-hydrogen) atoms. The SMILES string of the molecule is COCCOc1ncccc1NC(=O)CCn1cnc2scc(-c3ccc(C)cc3)c2c1=O. The fourth-order valence-corrected chi connectivity index (χ4v) is 4.24. The first-order valence-corrected chi connectivity index (χ1v) is 11.3. The number of rotatable bonds is 9. The normalized spacial score (nSPS) is 11.0. The second kappa shape index (κ2) is 10.4. The smallest absolute Gasteiger partial charge is 0.262 e. The van der Waals surface area contributed by atoms with Crippen LogP contribution in [-0.2, 0) is 16.1 Å². The third kappa shape index (κ3) is 5.27. The molecular formula is C24H24N4O4S. The number of hydrogen-bond donors (Lipinski definition) is 1. The summed E-state index contributed by atoms with van der Waals surface area (Å²) in [6.07, 6.45) is 3.19. The topological polar surface area (TPSA) is 95.3 Å². The number of amides is 1. The Hall–Kier alpha value is -3.56. The van der Waals surface area contributed by atoms with E-state index in [0.717, 1.165) is 16.7 Å². The highest BCUT2D eigenvalue weighted by Crippen LogP contribution is 2.30. The lowest BCUT2D eigenvalue weighted by molar-refractivity contribution is -0.116. The lowest BCUT2D eigenvalue weighted by Gasteiger charge is -2.11. The molecule has 0 saturated carbocycles. The molecule has 0 fully saturated rings. The van der Waals surface area contributed by atoms with Crippen molar-refractivity contribution in [2.45, 2.75) is 19.9 Å². The lowest BCUT2D eigenvalue weighted by Crippen LogP contribution is -2.23. The molecule has 170 valence electrons. The summed E-state index contributed by atoms with van der Waals surface area (Å²) in [6.45, 7) is 2.96. The van der Waals surface area contributed by atoms with Crippen molar-refractivity contribution < 1.29 is 14.3 Å². The van der Waals surface area contributed by atoms with Crippen LogP contribution in [-0.4, -0.2) is 40.8 Å². The van der Waals surface area contributed by atoms with E-state index in [-0.39, 0.29) is 24.4 Å². The fraction of sp³-hybridized carbons (Fsp3) is 0.250. The molecule has 4 aromatic rings. The van der Waals surface area contributed by atoms with Crippen LogP contribution in [0.2, 0.25) is 0 Å². The van der Waals surface area contributed by atoms with Gasteiger partial charge in [-0.25, -0.2) is 9.97 Å². The number of benzene rings is 1. The number of aryl methyl sites for hydroxylation is 2. The van der Waals surface area contributed by atoms with Crippen molar-refractivity contribution in [2.24, 2.45) is 0 Å². The number of ether oxygens (including phenoxy) is 2. The van der Waals surface area contributed by atoms with Crippen LogP contribution < -0.4 is 15.6 Å². The van der Waals surface area contributed by atoms with Gasteiger partial charge >= 0.3 is 0 Å². The van der Waals surface area contributed by atoms with Gasteiger partial charge in [0.05, 0.1) is 18.3 Å². The number of pyridine rings is 1. The molecule has 0 bridgehead atoms. The molecule has 0 unspecified atom stereocenters. The molecule has 9 heteroatoms. The van der Waals surface area contributed by atoms with Crippen LogP contribution in [0.15, 0.2) is 59.1 Å². The van der Waals surface area contributed by atoms with Crippen molar-refractivity contribution in [1.82, 2.24) is 14.5 Å². The van der Waals surface area contributed by atoms with Crippen LogP contribution in [0.3, 0.4) is 0 Å². The van der Waals surface area contributed by atoms with E-state index in [2.05, 4.69) is 15.3 Å². The van der Waals surface area contributed by atoms with Gasteiger partial charge in [-0.1, -0.05) is 29.8 Å². The maximum absolute atomic E-state index is 13.2. The van der Waals surface area contributed by atoms with E-state index in [1.54, 1.807) is 25.4 Å². The quantitative estimate of drug-likeness (QED) is 0.378. The molecule has 0 aliphatic rings. The molecule has 0 radical (unpaired) electrons. The zero-order chi connectivity index (χ0) is 23.2. The fourth-order valence-electron chi connectivity index (χ4n) is 3.33. The Morgan fingerprint density at radius 1 is 1.15 bits per heavy atom. The van der Waals surface area contributed by atoms with E-state index >= 15 is 0 Å². The van der Waals surface area contributed by atoms with Crippen molar-refractivity contribution in [3.8, 4) is 17.0 Å². The van der Waals surface area contributed by atoms with Crippen molar-refractivity contribution in [2.75, 3.05) is 25.6 Å². The minimum Gasteiger partial charge on any atom is -0.474 e. The van der Waals surface area contributed by atoms with Gasteiger partial charge in [-0.15, -0.1) is 11.3 Å². The number of nitrogens with zero attached hydrogens (tertiary/aromatic N) is 3. The molecular weight excluding hydrogens is 440 g/mol. The van der Waals surface area contributed by atoms with Crippen LogP contribution in [0.1, 0.15) is 12.0 Å². The number of thiophene rings is 1. The van der Waals surface area contributed by atoms with Gasteiger partial charge in [-0.3, -0.25) is 14.2 Å². The maximum Gasteiger partial charge on any atom is 0.262 e. The molecule has 1 aromatic carbocycles. The third-order valence-electron chi connectivity index (χ3n) is 5.07. The Labute approximate surface area is 194 Å². The lowest BCUT2D eigenvalue weighted by atomic mass is 10.1. The minimum atomic E-state index is -0.254. The molecule has 8 nitrogen and oxygen atoms in total. The van der Waals surface area contributed by atoms with Gasteiger partial charge in [-0.05, 0) is 24.6 Å². The molecule has 0 aliphatic carbocycles. The van der Waals surface area contributed by atoms with E-state index in [4.69, 9.17) is 9.47 Å². The summed E-state index contributed by atoms with van der Waals surface area (Å²) in [6, 6.07) is 11.5. The van der Waals surface area contributed by atoms with Gasteiger partial charge in [-0.2, -0.15) is 0 Å². The number of carbonyl (C=O) groups excluding carboxylic acids is 1. The summed E-state index contributed by atoms with van der Waals surface area (Å²) in [5.74, 6) is 0.0693. The molecule has 3 heterocycles. The second-order valence-electron chi connectivity index (χ2n) is 7.43. The van der Waals surface area contributed by atoms with E-state index in [1.807, 2.05) is 36.6 Å². The maximum atomic E-state index is 13.2. The van der Waals surface area contributed by atoms with Crippen molar-refractivity contribution in [1.29, 1.82) is 0 Å². The van der Waals surface area contributed by atoms with Crippen molar-refractivity contribution >= 4 is 33.1 Å². The minimum absolute atomic E-state index is 0.101. The number of anilines is 1. The zero-order valence-corrected chi connectivity index (χ0v) is 19.2. The number of aromatic nitrogens is 3. The Kier molecular flexibility index (Phi) is 7.11. The summed E-state index contributed by atoms with van der Waals surface area (Å²) in [7, 11) is 1.58. The largest absolute Gasteiger partial charge is 0.474 e. The molecule has 3 aromatic heterocycles. The first-order valence-electron chi connectivity index (χ1n) is 10.5. The Morgan fingerprint density at radius 2 is 1.97 bits per heavy atom. The number of methoxy groups -OCH3 is 1. The number of carbonyl (C=O) groups is 1. The van der Waals surface area contributed by atoms with Gasteiger partial charge in [0.1, 0.15) is 17.1 Å². The standard InChI is InChI=1S/C24H24N4O4S/c1-16-5-7-17(8-6-16)18-14-33-23-21(18)24(30)28(15-26-23)11-9-20(29)27-19-4-3-10-25-22(19)32-13-12-31-2/h3-8,10,14-15H,9,11-13H2,1-2H3,(H,27,29). The van der Waals surface area contributed by atoms with Crippen LogP contribution in [0.25, 0.3) is 21.3 Å². The number of hydrogen-bond acceptors (Lipinski definition) is 7. The summed E-state index contributed by atoms with van der Waals surface area (Å²) < 4.78 is 12.0. The summed E-state index contributed by atoms with van der Waals surface area (Å²) in [5, 5.41) is 5.33. The molecule has 4 rings (SSSR count). The van der Waals surface area contributed by atoms with Gasteiger partial charge in [0.2, 0.25) is 11.8 Å². The predicted molar refractivity (Wildman–Crippen MR) is 129 cm³/mol. The van der Waals surface area contributed by atoms with Crippen LogP contribution in [0.5, 0.6) is 5.88 Å². The average molecular weight is 465 g/mol. The first-order chi connectivity index (χ1) is 16.1.